The van der Waals surface area contributed by atoms with E-state index in [0.29, 0.717) is 0 Å². The zero-order valence-electron chi connectivity index (χ0n) is 8.31. The summed E-state index contributed by atoms with van der Waals surface area (Å²) < 4.78 is 37.8. The Morgan fingerprint density at radius 3 is 2.47 bits per heavy atom. The van der Waals surface area contributed by atoms with E-state index >= 15 is 0 Å². The van der Waals surface area contributed by atoms with Crippen LogP contribution in [0.1, 0.15) is 5.69 Å². The van der Waals surface area contributed by atoms with E-state index in [1.54, 1.807) is 0 Å². The van der Waals surface area contributed by atoms with E-state index in [4.69, 9.17) is 0 Å². The topological polar surface area (TPSA) is 63.6 Å². The van der Waals surface area contributed by atoms with Gasteiger partial charge in [-0.3, -0.25) is 4.98 Å². The molecule has 0 atom stereocenters. The van der Waals surface area contributed by atoms with Crippen molar-refractivity contribution in [1.29, 1.82) is 0 Å². The minimum absolute atomic E-state index is 0.188. The largest absolute Gasteiger partial charge is 0.435 e. The van der Waals surface area contributed by atoms with Gasteiger partial charge in [0.05, 0.1) is 18.1 Å². The molecule has 0 saturated heterocycles. The van der Waals surface area contributed by atoms with Crippen molar-refractivity contribution in [3.05, 3.63) is 36.8 Å². The highest BCUT2D eigenvalue weighted by molar-refractivity contribution is 5.57. The molecule has 2 aromatic heterocycles. The van der Waals surface area contributed by atoms with Crippen molar-refractivity contribution in [1.82, 2.24) is 19.9 Å². The monoisotopic (exact) mass is 241 g/mol. The van der Waals surface area contributed by atoms with Crippen molar-refractivity contribution >= 4 is 11.5 Å². The fourth-order valence-corrected chi connectivity index (χ4v) is 1.15. The summed E-state index contributed by atoms with van der Waals surface area (Å²) in [4.78, 5) is 14.3. The maximum Gasteiger partial charge on any atom is 0.435 e. The van der Waals surface area contributed by atoms with Crippen molar-refractivity contribution in [3.63, 3.8) is 0 Å². The molecule has 0 amide bonds. The predicted octanol–water partition coefficient (Wildman–Crippen LogP) is 2.03. The van der Waals surface area contributed by atoms with Gasteiger partial charge in [-0.05, 0) is 0 Å². The van der Waals surface area contributed by atoms with Crippen LogP contribution in [0.3, 0.4) is 0 Å². The molecule has 0 aliphatic carbocycles. The van der Waals surface area contributed by atoms with Crippen LogP contribution in [0.4, 0.5) is 24.7 Å². The van der Waals surface area contributed by atoms with Crippen LogP contribution in [0.15, 0.2) is 31.1 Å². The lowest BCUT2D eigenvalue weighted by molar-refractivity contribution is -0.140. The van der Waals surface area contributed by atoms with Crippen LogP contribution in [0.25, 0.3) is 0 Å². The molecule has 17 heavy (non-hydrogen) atoms. The lowest BCUT2D eigenvalue weighted by atomic mass is 10.3. The Kier molecular flexibility index (Phi) is 2.86. The fraction of sp³-hybridized carbons (Fsp3) is 0.111. The molecule has 0 aromatic carbocycles. The van der Waals surface area contributed by atoms with Crippen LogP contribution in [0.2, 0.25) is 0 Å². The van der Waals surface area contributed by atoms with Crippen LogP contribution < -0.4 is 5.32 Å². The zero-order chi connectivity index (χ0) is 12.3. The van der Waals surface area contributed by atoms with E-state index in [1.165, 1.54) is 18.6 Å². The van der Waals surface area contributed by atoms with Crippen molar-refractivity contribution in [2.24, 2.45) is 0 Å². The van der Waals surface area contributed by atoms with E-state index in [2.05, 4.69) is 25.3 Å². The molecule has 2 heterocycles. The minimum atomic E-state index is -4.55. The van der Waals surface area contributed by atoms with Crippen LogP contribution in [0.5, 0.6) is 0 Å². The van der Waals surface area contributed by atoms with Gasteiger partial charge in [0.2, 0.25) is 0 Å². The summed E-state index contributed by atoms with van der Waals surface area (Å²) in [6.07, 6.45) is 1.40. The van der Waals surface area contributed by atoms with E-state index in [1.807, 2.05) is 0 Å². The first-order valence-corrected chi connectivity index (χ1v) is 4.47. The molecule has 8 heteroatoms. The summed E-state index contributed by atoms with van der Waals surface area (Å²) in [7, 11) is 0. The average molecular weight is 241 g/mol. The molecule has 0 aliphatic rings. The molecule has 88 valence electrons. The van der Waals surface area contributed by atoms with Crippen LogP contribution in [-0.2, 0) is 6.18 Å². The number of aromatic nitrogens is 4. The molecule has 2 rings (SSSR count). The fourth-order valence-electron chi connectivity index (χ4n) is 1.15. The second kappa shape index (κ2) is 4.32. The first-order valence-electron chi connectivity index (χ1n) is 4.47. The Labute approximate surface area is 93.8 Å². The van der Waals surface area contributed by atoms with Gasteiger partial charge >= 0.3 is 6.18 Å². The third kappa shape index (κ3) is 2.65. The Bertz CT molecular complexity index is 499. The maximum absolute atomic E-state index is 12.6. The molecule has 0 aliphatic heterocycles. The number of halogens is 3. The number of rotatable bonds is 2. The molecule has 1 N–H and O–H groups in total. The normalized spacial score (nSPS) is 11.2. The van der Waals surface area contributed by atoms with Crippen molar-refractivity contribution in [2.75, 3.05) is 5.32 Å². The summed E-state index contributed by atoms with van der Waals surface area (Å²) >= 11 is 0. The first kappa shape index (κ1) is 11.2. The van der Waals surface area contributed by atoms with Crippen LogP contribution in [0, 0.1) is 0 Å². The third-order valence-corrected chi connectivity index (χ3v) is 1.81. The summed E-state index contributed by atoms with van der Waals surface area (Å²) in [5.41, 5.74) is -1.31. The minimum Gasteiger partial charge on any atom is -0.336 e. The Morgan fingerprint density at radius 2 is 1.82 bits per heavy atom. The van der Waals surface area contributed by atoms with E-state index in [0.717, 1.165) is 12.5 Å². The van der Waals surface area contributed by atoms with Gasteiger partial charge in [0.15, 0.2) is 5.69 Å². The first-order chi connectivity index (χ1) is 8.07. The SMILES string of the molecule is FC(F)(F)c1ncncc1Nc1cnccn1. The van der Waals surface area contributed by atoms with Gasteiger partial charge in [0.25, 0.3) is 0 Å². The Morgan fingerprint density at radius 1 is 1.00 bits per heavy atom. The maximum atomic E-state index is 12.6. The smallest absolute Gasteiger partial charge is 0.336 e. The van der Waals surface area contributed by atoms with Gasteiger partial charge in [-0.2, -0.15) is 13.2 Å². The quantitative estimate of drug-likeness (QED) is 0.871. The number of anilines is 2. The molecule has 2 aromatic rings. The average Bonchev–Trinajstić information content (AvgIpc) is 2.30. The number of hydrogen-bond acceptors (Lipinski definition) is 5. The van der Waals surface area contributed by atoms with Gasteiger partial charge in [-0.15, -0.1) is 0 Å². The van der Waals surface area contributed by atoms with Crippen molar-refractivity contribution in [3.8, 4) is 0 Å². The number of nitrogens with one attached hydrogen (secondary N) is 1. The predicted molar refractivity (Wildman–Crippen MR) is 52.3 cm³/mol. The molecule has 0 spiro atoms. The summed E-state index contributed by atoms with van der Waals surface area (Å²) in [5.74, 6) is 0.188. The third-order valence-electron chi connectivity index (χ3n) is 1.81. The lowest BCUT2D eigenvalue weighted by Crippen LogP contribution is -2.12. The second-order valence-corrected chi connectivity index (χ2v) is 3.00. The van der Waals surface area contributed by atoms with E-state index in [9.17, 15) is 13.2 Å². The highest BCUT2D eigenvalue weighted by Gasteiger charge is 2.35. The standard InChI is InChI=1S/C9H6F3N5/c10-9(11,12)8-6(3-14-5-16-8)17-7-4-13-1-2-15-7/h1-5H,(H,15,17). The highest BCUT2D eigenvalue weighted by atomic mass is 19.4. The summed E-state index contributed by atoms with van der Waals surface area (Å²) in [6, 6.07) is 0. The molecule has 0 saturated carbocycles. The Hall–Kier alpha value is -2.25. The van der Waals surface area contributed by atoms with Crippen molar-refractivity contribution < 1.29 is 13.2 Å². The van der Waals surface area contributed by atoms with Gasteiger partial charge < -0.3 is 5.32 Å². The molecular formula is C9H6F3N5. The van der Waals surface area contributed by atoms with Gasteiger partial charge in [0, 0.05) is 12.4 Å². The number of alkyl halides is 3. The Balaban J connectivity index is 2.34. The van der Waals surface area contributed by atoms with Crippen LogP contribution >= 0.6 is 0 Å². The number of hydrogen-bond donors (Lipinski definition) is 1. The molecule has 0 radical (unpaired) electrons. The van der Waals surface area contributed by atoms with Gasteiger partial charge in [0.1, 0.15) is 12.1 Å². The van der Waals surface area contributed by atoms with Crippen molar-refractivity contribution in [2.45, 2.75) is 6.18 Å². The molecule has 0 fully saturated rings. The van der Waals surface area contributed by atoms with E-state index < -0.39 is 11.9 Å². The van der Waals surface area contributed by atoms with E-state index in [-0.39, 0.29) is 11.5 Å². The molecule has 5 nitrogen and oxygen atoms in total. The van der Waals surface area contributed by atoms with Crippen LogP contribution in [-0.4, -0.2) is 19.9 Å². The molecule has 0 unspecified atom stereocenters. The van der Waals surface area contributed by atoms with Gasteiger partial charge in [-0.1, -0.05) is 0 Å². The molecular weight excluding hydrogens is 235 g/mol. The lowest BCUT2D eigenvalue weighted by Gasteiger charge is -2.11. The number of nitrogens with zero attached hydrogens (tertiary/aromatic N) is 4. The second-order valence-electron chi connectivity index (χ2n) is 3.00. The summed E-state index contributed by atoms with van der Waals surface area (Å²) in [6.45, 7) is 0. The zero-order valence-corrected chi connectivity index (χ0v) is 8.31. The molecule has 0 bridgehead atoms. The summed E-state index contributed by atoms with van der Waals surface area (Å²) in [5, 5.41) is 2.46. The highest BCUT2D eigenvalue weighted by Crippen LogP contribution is 2.33. The van der Waals surface area contributed by atoms with Gasteiger partial charge in [-0.25, -0.2) is 15.0 Å².